The summed E-state index contributed by atoms with van der Waals surface area (Å²) in [6, 6.07) is 0. The summed E-state index contributed by atoms with van der Waals surface area (Å²) in [5.41, 5.74) is 1.00. The molecule has 0 radical (unpaired) electrons. The molecule has 0 unspecified atom stereocenters. The van der Waals surface area contributed by atoms with Crippen molar-refractivity contribution >= 4 is 27.1 Å². The van der Waals surface area contributed by atoms with E-state index in [4.69, 9.17) is 0 Å². The molecule has 0 saturated heterocycles. The maximum absolute atomic E-state index is 12.1. The van der Waals surface area contributed by atoms with Crippen LogP contribution in [0.25, 0.3) is 0 Å². The highest BCUT2D eigenvalue weighted by atomic mass is 32.2. The first-order valence-corrected chi connectivity index (χ1v) is 10.2. The van der Waals surface area contributed by atoms with Gasteiger partial charge in [0.1, 0.15) is 0 Å². The molecule has 0 aliphatic rings. The first-order chi connectivity index (χ1) is 10.6. The predicted molar refractivity (Wildman–Crippen MR) is 97.9 cm³/mol. The number of aromatic nitrogens is 1. The minimum atomic E-state index is -3.13. The Hall–Kier alpha value is -1.15. The Kier molecular flexibility index (Phi) is 7.01. The van der Waals surface area contributed by atoms with E-state index in [0.29, 0.717) is 19.0 Å². The SMILES string of the molecule is CCNC(=NCc1sc(C)nc1C)NCCS(=O)(=O)C(C)(C)C. The lowest BCUT2D eigenvalue weighted by molar-refractivity contribution is 0.559. The summed E-state index contributed by atoms with van der Waals surface area (Å²) >= 11 is 1.64. The van der Waals surface area contributed by atoms with Gasteiger partial charge in [0.05, 0.1) is 27.7 Å². The quantitative estimate of drug-likeness (QED) is 0.599. The summed E-state index contributed by atoms with van der Waals surface area (Å²) < 4.78 is 23.5. The zero-order valence-corrected chi connectivity index (χ0v) is 16.5. The Bertz CT molecular complexity index is 643. The first kappa shape index (κ1) is 19.9. The van der Waals surface area contributed by atoms with Gasteiger partial charge in [-0.3, -0.25) is 0 Å². The van der Waals surface area contributed by atoms with E-state index in [0.717, 1.165) is 22.1 Å². The molecular formula is C15H28N4O2S2. The number of rotatable bonds is 6. The number of nitrogens with zero attached hydrogens (tertiary/aromatic N) is 2. The minimum Gasteiger partial charge on any atom is -0.357 e. The molecule has 1 heterocycles. The van der Waals surface area contributed by atoms with Crippen molar-refractivity contribution in [2.24, 2.45) is 4.99 Å². The van der Waals surface area contributed by atoms with Crippen molar-refractivity contribution < 1.29 is 8.42 Å². The predicted octanol–water partition coefficient (Wildman–Crippen LogP) is 2.03. The van der Waals surface area contributed by atoms with E-state index >= 15 is 0 Å². The second kappa shape index (κ2) is 8.10. The van der Waals surface area contributed by atoms with E-state index in [1.807, 2.05) is 20.8 Å². The Labute approximate surface area is 143 Å². The molecular weight excluding hydrogens is 332 g/mol. The van der Waals surface area contributed by atoms with Crippen molar-refractivity contribution in [2.45, 2.75) is 52.8 Å². The monoisotopic (exact) mass is 360 g/mol. The summed E-state index contributed by atoms with van der Waals surface area (Å²) in [6.45, 7) is 12.7. The zero-order chi connectivity index (χ0) is 17.7. The summed E-state index contributed by atoms with van der Waals surface area (Å²) in [4.78, 5) is 10.0. The Morgan fingerprint density at radius 1 is 1.26 bits per heavy atom. The lowest BCUT2D eigenvalue weighted by Gasteiger charge is -2.19. The normalized spacial score (nSPS) is 13.2. The molecule has 1 aromatic rings. The van der Waals surface area contributed by atoms with E-state index < -0.39 is 14.6 Å². The van der Waals surface area contributed by atoms with Gasteiger partial charge in [-0.05, 0) is 41.5 Å². The van der Waals surface area contributed by atoms with Crippen LogP contribution < -0.4 is 10.6 Å². The van der Waals surface area contributed by atoms with Crippen LogP contribution in [0.15, 0.2) is 4.99 Å². The Balaban J connectivity index is 2.65. The van der Waals surface area contributed by atoms with Gasteiger partial charge in [-0.2, -0.15) is 0 Å². The lowest BCUT2D eigenvalue weighted by Crippen LogP contribution is -2.41. The molecule has 1 rings (SSSR count). The molecule has 1 aromatic heterocycles. The van der Waals surface area contributed by atoms with Crippen molar-refractivity contribution in [3.8, 4) is 0 Å². The second-order valence-corrected chi connectivity index (χ2v) is 10.4. The molecule has 0 saturated carbocycles. The van der Waals surface area contributed by atoms with Gasteiger partial charge in [0.25, 0.3) is 0 Å². The van der Waals surface area contributed by atoms with Gasteiger partial charge in [-0.15, -0.1) is 11.3 Å². The average molecular weight is 361 g/mol. The third kappa shape index (κ3) is 6.10. The highest BCUT2D eigenvalue weighted by molar-refractivity contribution is 7.92. The van der Waals surface area contributed by atoms with Gasteiger partial charge >= 0.3 is 0 Å². The highest BCUT2D eigenvalue weighted by Gasteiger charge is 2.28. The van der Waals surface area contributed by atoms with Gasteiger partial charge in [-0.1, -0.05) is 0 Å². The van der Waals surface area contributed by atoms with Crippen molar-refractivity contribution in [1.29, 1.82) is 0 Å². The molecule has 23 heavy (non-hydrogen) atoms. The molecule has 0 atom stereocenters. The molecule has 0 fully saturated rings. The number of guanidine groups is 1. The van der Waals surface area contributed by atoms with Crippen LogP contribution in [-0.2, 0) is 16.4 Å². The molecule has 0 aliphatic carbocycles. The molecule has 0 bridgehead atoms. The number of nitrogens with one attached hydrogen (secondary N) is 2. The number of aliphatic imine (C=N–C) groups is 1. The molecule has 0 aliphatic heterocycles. The van der Waals surface area contributed by atoms with Gasteiger partial charge in [0, 0.05) is 18.0 Å². The van der Waals surface area contributed by atoms with Crippen LogP contribution in [0, 0.1) is 13.8 Å². The molecule has 0 amide bonds. The smallest absolute Gasteiger partial charge is 0.191 e. The minimum absolute atomic E-state index is 0.0829. The van der Waals surface area contributed by atoms with Gasteiger partial charge in [0.2, 0.25) is 0 Å². The fourth-order valence-corrected chi connectivity index (χ4v) is 3.67. The van der Waals surface area contributed by atoms with E-state index in [2.05, 4.69) is 20.6 Å². The summed E-state index contributed by atoms with van der Waals surface area (Å²) in [7, 11) is -3.13. The summed E-state index contributed by atoms with van der Waals surface area (Å²) in [6.07, 6.45) is 0. The van der Waals surface area contributed by atoms with Crippen molar-refractivity contribution in [3.05, 3.63) is 15.6 Å². The van der Waals surface area contributed by atoms with E-state index in [-0.39, 0.29) is 5.75 Å². The van der Waals surface area contributed by atoms with Crippen LogP contribution in [0.4, 0.5) is 0 Å². The molecule has 0 aromatic carbocycles. The number of sulfone groups is 1. The first-order valence-electron chi connectivity index (χ1n) is 7.74. The maximum Gasteiger partial charge on any atom is 0.191 e. The van der Waals surface area contributed by atoms with Crippen LogP contribution in [-0.4, -0.2) is 43.0 Å². The largest absolute Gasteiger partial charge is 0.357 e. The standard InChI is InChI=1S/C15H28N4O2S2/c1-7-16-14(17-8-9-23(20,21)15(4,5)6)18-10-13-11(2)19-12(3)22-13/h7-10H2,1-6H3,(H2,16,17,18). The molecule has 0 spiro atoms. The fraction of sp³-hybridized carbons (Fsp3) is 0.733. The van der Waals surface area contributed by atoms with Gasteiger partial charge in [0.15, 0.2) is 15.8 Å². The topological polar surface area (TPSA) is 83.4 Å². The Morgan fingerprint density at radius 3 is 2.39 bits per heavy atom. The molecule has 6 nitrogen and oxygen atoms in total. The van der Waals surface area contributed by atoms with Crippen LogP contribution in [0.5, 0.6) is 0 Å². The van der Waals surface area contributed by atoms with Crippen molar-refractivity contribution in [2.75, 3.05) is 18.8 Å². The average Bonchev–Trinajstić information content (AvgIpc) is 2.72. The van der Waals surface area contributed by atoms with E-state index in [1.54, 1.807) is 32.1 Å². The van der Waals surface area contributed by atoms with Crippen LogP contribution >= 0.6 is 11.3 Å². The molecule has 2 N–H and O–H groups in total. The summed E-state index contributed by atoms with van der Waals surface area (Å²) in [5.74, 6) is 0.710. The van der Waals surface area contributed by atoms with Crippen LogP contribution in [0.1, 0.15) is 43.3 Å². The highest BCUT2D eigenvalue weighted by Crippen LogP contribution is 2.18. The van der Waals surface area contributed by atoms with E-state index in [1.165, 1.54) is 0 Å². The molecule has 8 heteroatoms. The van der Waals surface area contributed by atoms with Crippen molar-refractivity contribution in [3.63, 3.8) is 0 Å². The number of thiazole rings is 1. The molecule has 132 valence electrons. The zero-order valence-electron chi connectivity index (χ0n) is 14.9. The van der Waals surface area contributed by atoms with Crippen LogP contribution in [0.2, 0.25) is 0 Å². The fourth-order valence-electron chi connectivity index (χ4n) is 1.82. The van der Waals surface area contributed by atoms with Gasteiger partial charge < -0.3 is 10.6 Å². The Morgan fingerprint density at radius 2 is 1.91 bits per heavy atom. The van der Waals surface area contributed by atoms with Crippen LogP contribution in [0.3, 0.4) is 0 Å². The van der Waals surface area contributed by atoms with Gasteiger partial charge in [-0.25, -0.2) is 18.4 Å². The third-order valence-electron chi connectivity index (χ3n) is 3.32. The lowest BCUT2D eigenvalue weighted by atomic mass is 10.3. The number of aryl methyl sites for hydroxylation is 2. The number of hydrogen-bond donors (Lipinski definition) is 2. The van der Waals surface area contributed by atoms with E-state index in [9.17, 15) is 8.42 Å². The summed E-state index contributed by atoms with van der Waals surface area (Å²) in [5, 5.41) is 7.25. The third-order valence-corrected chi connectivity index (χ3v) is 6.99. The number of hydrogen-bond acceptors (Lipinski definition) is 5. The maximum atomic E-state index is 12.1. The second-order valence-electron chi connectivity index (χ2n) is 6.29. The van der Waals surface area contributed by atoms with Crippen molar-refractivity contribution in [1.82, 2.24) is 15.6 Å².